The van der Waals surface area contributed by atoms with E-state index in [4.69, 9.17) is 14.2 Å². The standard InChI is InChI=1S/C16H20O9/c1-7-3-4-15(21)13(7)5-9(24-11(19)10(13)18)16(22,25-8(2)17)14(15)6-23-12(14)20/h7,9-10,18,21-22H,3-6H2,1-2H3/t7-,9-,10+,13+,14-,15-,16-/m1/s1. The lowest BCUT2D eigenvalue weighted by Gasteiger charge is -2.68. The number of ether oxygens (including phenoxy) is 3. The molecule has 4 fully saturated rings. The van der Waals surface area contributed by atoms with E-state index in [-0.39, 0.29) is 18.8 Å². The van der Waals surface area contributed by atoms with Gasteiger partial charge in [-0.1, -0.05) is 6.92 Å². The number of aliphatic hydroxyl groups excluding tert-OH is 1. The highest BCUT2D eigenvalue weighted by Gasteiger charge is 2.90. The molecule has 2 saturated carbocycles. The second kappa shape index (κ2) is 4.52. The number of carbonyl (C=O) groups excluding carboxylic acids is 3. The van der Waals surface area contributed by atoms with Gasteiger partial charge in [0.25, 0.3) is 5.79 Å². The Labute approximate surface area is 142 Å². The van der Waals surface area contributed by atoms with Crippen LogP contribution < -0.4 is 0 Å². The summed E-state index contributed by atoms with van der Waals surface area (Å²) in [5.41, 5.74) is -5.38. The van der Waals surface area contributed by atoms with Crippen molar-refractivity contribution < 1.29 is 43.9 Å². The molecule has 0 aromatic carbocycles. The van der Waals surface area contributed by atoms with Gasteiger partial charge in [0.15, 0.2) is 17.6 Å². The zero-order valence-corrected chi connectivity index (χ0v) is 13.9. The van der Waals surface area contributed by atoms with Crippen LogP contribution in [0.15, 0.2) is 0 Å². The fourth-order valence-electron chi connectivity index (χ4n) is 5.65. The van der Waals surface area contributed by atoms with Crippen molar-refractivity contribution in [3.63, 3.8) is 0 Å². The van der Waals surface area contributed by atoms with Crippen molar-refractivity contribution in [1.82, 2.24) is 0 Å². The number of hydrogen-bond acceptors (Lipinski definition) is 9. The minimum atomic E-state index is -2.56. The van der Waals surface area contributed by atoms with E-state index in [0.717, 1.165) is 6.92 Å². The Bertz CT molecular complexity index is 691. The smallest absolute Gasteiger partial charge is 0.336 e. The van der Waals surface area contributed by atoms with Crippen molar-refractivity contribution in [2.24, 2.45) is 16.7 Å². The van der Waals surface area contributed by atoms with E-state index in [1.54, 1.807) is 6.92 Å². The summed E-state index contributed by atoms with van der Waals surface area (Å²) < 4.78 is 15.1. The van der Waals surface area contributed by atoms with E-state index in [2.05, 4.69) is 0 Å². The Kier molecular flexibility index (Phi) is 3.03. The van der Waals surface area contributed by atoms with Gasteiger partial charge in [0, 0.05) is 18.8 Å². The van der Waals surface area contributed by atoms with Crippen molar-refractivity contribution >= 4 is 17.9 Å². The molecule has 2 aliphatic heterocycles. The van der Waals surface area contributed by atoms with Gasteiger partial charge >= 0.3 is 17.9 Å². The van der Waals surface area contributed by atoms with Crippen LogP contribution in [0, 0.1) is 16.7 Å². The van der Waals surface area contributed by atoms with Crippen LogP contribution in [0.25, 0.3) is 0 Å². The summed E-state index contributed by atoms with van der Waals surface area (Å²) in [5.74, 6) is -5.74. The highest BCUT2D eigenvalue weighted by molar-refractivity contribution is 5.88. The van der Waals surface area contributed by atoms with Gasteiger partial charge < -0.3 is 29.5 Å². The molecule has 4 rings (SSSR count). The fraction of sp³-hybridized carbons (Fsp3) is 0.812. The van der Waals surface area contributed by atoms with Crippen LogP contribution in [0.3, 0.4) is 0 Å². The number of carbonyl (C=O) groups is 3. The Morgan fingerprint density at radius 1 is 1.32 bits per heavy atom. The normalized spacial score (nSPS) is 53.6. The third-order valence-electron chi connectivity index (χ3n) is 6.90. The van der Waals surface area contributed by atoms with Gasteiger partial charge in [-0.15, -0.1) is 0 Å². The van der Waals surface area contributed by atoms with Gasteiger partial charge in [-0.25, -0.2) is 4.79 Å². The molecule has 2 spiro atoms. The van der Waals surface area contributed by atoms with Crippen LogP contribution in [0.1, 0.15) is 33.1 Å². The Hall–Kier alpha value is -1.71. The highest BCUT2D eigenvalue weighted by Crippen LogP contribution is 2.72. The molecule has 2 aliphatic carbocycles. The Morgan fingerprint density at radius 3 is 2.52 bits per heavy atom. The van der Waals surface area contributed by atoms with Crippen LogP contribution >= 0.6 is 0 Å². The van der Waals surface area contributed by atoms with E-state index in [1.807, 2.05) is 0 Å². The number of aliphatic hydroxyl groups is 3. The predicted octanol–water partition coefficient (Wildman–Crippen LogP) is -1.38. The first kappa shape index (κ1) is 16.7. The Balaban J connectivity index is 1.99. The first-order chi connectivity index (χ1) is 11.6. The zero-order valence-electron chi connectivity index (χ0n) is 13.9. The highest BCUT2D eigenvalue weighted by atomic mass is 16.7. The minimum absolute atomic E-state index is 0.0455. The molecule has 2 saturated heterocycles. The number of fused-ring (bicyclic) bond motifs is 2. The second-order valence-corrected chi connectivity index (χ2v) is 7.64. The SMILES string of the molecule is CC(=O)O[C@]1(O)[C@H]2C[C@]3([C@H](C)CC[C@]3(O)[C@]13COC3=O)[C@@H](O)C(=O)O2. The average molecular weight is 356 g/mol. The summed E-state index contributed by atoms with van der Waals surface area (Å²) in [6, 6.07) is 0. The molecule has 25 heavy (non-hydrogen) atoms. The van der Waals surface area contributed by atoms with Gasteiger partial charge in [-0.05, 0) is 18.8 Å². The van der Waals surface area contributed by atoms with Gasteiger partial charge in [-0.3, -0.25) is 9.59 Å². The molecule has 7 atom stereocenters. The minimum Gasteiger partial charge on any atom is -0.463 e. The van der Waals surface area contributed by atoms with Crippen molar-refractivity contribution in [1.29, 1.82) is 0 Å². The summed E-state index contributed by atoms with van der Waals surface area (Å²) in [5, 5.41) is 33.5. The largest absolute Gasteiger partial charge is 0.463 e. The van der Waals surface area contributed by atoms with Crippen molar-refractivity contribution in [2.75, 3.05) is 6.61 Å². The fourth-order valence-corrected chi connectivity index (χ4v) is 5.65. The van der Waals surface area contributed by atoms with E-state index in [0.29, 0.717) is 6.42 Å². The number of hydrogen-bond donors (Lipinski definition) is 3. The maximum atomic E-state index is 12.5. The van der Waals surface area contributed by atoms with Crippen LogP contribution in [0.4, 0.5) is 0 Å². The van der Waals surface area contributed by atoms with E-state index < -0.39 is 58.9 Å². The molecule has 3 N–H and O–H groups in total. The molecule has 138 valence electrons. The lowest BCUT2D eigenvalue weighted by atomic mass is 9.44. The number of esters is 3. The van der Waals surface area contributed by atoms with Crippen LogP contribution in [-0.4, -0.2) is 63.4 Å². The summed E-state index contributed by atoms with van der Waals surface area (Å²) in [6.07, 6.45) is -2.71. The number of cyclic esters (lactones) is 1. The third kappa shape index (κ3) is 1.46. The second-order valence-electron chi connectivity index (χ2n) is 7.64. The molecule has 2 bridgehead atoms. The first-order valence-electron chi connectivity index (χ1n) is 8.27. The molecule has 0 aromatic heterocycles. The molecule has 9 heteroatoms. The van der Waals surface area contributed by atoms with Gasteiger partial charge in [-0.2, -0.15) is 0 Å². The lowest BCUT2D eigenvalue weighted by molar-refractivity contribution is -0.415. The summed E-state index contributed by atoms with van der Waals surface area (Å²) in [6.45, 7) is 2.41. The molecule has 9 nitrogen and oxygen atoms in total. The lowest BCUT2D eigenvalue weighted by Crippen LogP contribution is -2.87. The van der Waals surface area contributed by atoms with E-state index >= 15 is 0 Å². The molecular weight excluding hydrogens is 336 g/mol. The van der Waals surface area contributed by atoms with Crippen LogP contribution in [0.2, 0.25) is 0 Å². The van der Waals surface area contributed by atoms with Crippen molar-refractivity contribution in [3.8, 4) is 0 Å². The molecular formula is C16H20O9. The molecule has 0 unspecified atom stereocenters. The molecule has 0 amide bonds. The summed E-state index contributed by atoms with van der Waals surface area (Å²) >= 11 is 0. The average Bonchev–Trinajstić information content (AvgIpc) is 2.76. The molecule has 0 radical (unpaired) electrons. The van der Waals surface area contributed by atoms with Gasteiger partial charge in [0.2, 0.25) is 0 Å². The van der Waals surface area contributed by atoms with Crippen LogP contribution in [0.5, 0.6) is 0 Å². The third-order valence-corrected chi connectivity index (χ3v) is 6.90. The molecule has 0 aromatic rings. The quantitative estimate of drug-likeness (QED) is 0.294. The molecule has 4 aliphatic rings. The van der Waals surface area contributed by atoms with Gasteiger partial charge in [0.05, 0.1) is 5.60 Å². The Morgan fingerprint density at radius 2 is 2.00 bits per heavy atom. The molecule has 2 heterocycles. The summed E-state index contributed by atoms with van der Waals surface area (Å²) in [4.78, 5) is 36.4. The van der Waals surface area contributed by atoms with Crippen molar-refractivity contribution in [3.05, 3.63) is 0 Å². The predicted molar refractivity (Wildman–Crippen MR) is 76.4 cm³/mol. The number of rotatable bonds is 1. The maximum Gasteiger partial charge on any atom is 0.336 e. The summed E-state index contributed by atoms with van der Waals surface area (Å²) in [7, 11) is 0. The van der Waals surface area contributed by atoms with Gasteiger partial charge in [0.1, 0.15) is 6.61 Å². The monoisotopic (exact) mass is 356 g/mol. The maximum absolute atomic E-state index is 12.5. The van der Waals surface area contributed by atoms with Crippen molar-refractivity contribution in [2.45, 2.75) is 56.7 Å². The zero-order chi connectivity index (χ0) is 18.4. The van der Waals surface area contributed by atoms with Crippen LogP contribution in [-0.2, 0) is 28.6 Å². The topological polar surface area (TPSA) is 140 Å². The first-order valence-corrected chi connectivity index (χ1v) is 8.27. The van der Waals surface area contributed by atoms with E-state index in [1.165, 1.54) is 0 Å². The van der Waals surface area contributed by atoms with E-state index in [9.17, 15) is 29.7 Å².